The molecule has 0 spiro atoms. The number of carboxylic acid groups (broad SMARTS) is 1. The topological polar surface area (TPSA) is 94.4 Å². The Hall–Kier alpha value is -2.35. The van der Waals surface area contributed by atoms with Gasteiger partial charge in [-0.3, -0.25) is 4.79 Å². The molecule has 0 unspecified atom stereocenters. The lowest BCUT2D eigenvalue weighted by molar-refractivity contribution is -0.137. The Morgan fingerprint density at radius 2 is 1.84 bits per heavy atom. The molecule has 8 heteroatoms. The molecule has 2 heterocycles. The van der Waals surface area contributed by atoms with Crippen molar-refractivity contribution in [1.29, 1.82) is 0 Å². The van der Waals surface area contributed by atoms with E-state index in [1.165, 1.54) is 0 Å². The van der Waals surface area contributed by atoms with Crippen molar-refractivity contribution in [2.75, 3.05) is 13.7 Å². The molecule has 0 bridgehead atoms. The van der Waals surface area contributed by atoms with Gasteiger partial charge in [0, 0.05) is 30.4 Å². The molecule has 168 valence electrons. The highest BCUT2D eigenvalue weighted by Gasteiger charge is 2.34. The van der Waals surface area contributed by atoms with Crippen LogP contribution in [-0.2, 0) is 4.79 Å². The highest BCUT2D eigenvalue weighted by Crippen LogP contribution is 2.45. The fraction of sp³-hybridized carbons (Fsp3) is 0.565. The summed E-state index contributed by atoms with van der Waals surface area (Å²) >= 11 is 0. The summed E-state index contributed by atoms with van der Waals surface area (Å²) in [5.74, 6) is 2.72. The molecule has 0 radical (unpaired) electrons. The number of aromatic nitrogens is 3. The van der Waals surface area contributed by atoms with Gasteiger partial charge >= 0.3 is 5.97 Å². The van der Waals surface area contributed by atoms with Crippen molar-refractivity contribution in [1.82, 2.24) is 15.0 Å². The lowest BCUT2D eigenvalue weighted by Gasteiger charge is -2.27. The van der Waals surface area contributed by atoms with Crippen LogP contribution in [0.5, 0.6) is 11.8 Å². The normalized spacial score (nSPS) is 21.6. The van der Waals surface area contributed by atoms with Gasteiger partial charge in [-0.05, 0) is 67.9 Å². The van der Waals surface area contributed by atoms with Crippen molar-refractivity contribution in [3.63, 3.8) is 0 Å². The molecular formula is C23H31N3O4S. The largest absolute Gasteiger partial charge is 0.481 e. The number of nitrogens with zero attached hydrogens (tertiary/aromatic N) is 3. The van der Waals surface area contributed by atoms with Gasteiger partial charge in [-0.2, -0.15) is 18.5 Å². The summed E-state index contributed by atoms with van der Waals surface area (Å²) in [6.45, 7) is 0.634. The maximum atomic E-state index is 11.2. The van der Waals surface area contributed by atoms with Crippen LogP contribution in [0.25, 0.3) is 0 Å². The number of hydrogen-bond donors (Lipinski definition) is 1. The molecule has 0 aliphatic heterocycles. The van der Waals surface area contributed by atoms with Gasteiger partial charge in [-0.25, -0.2) is 9.97 Å². The van der Waals surface area contributed by atoms with Gasteiger partial charge in [-0.15, -0.1) is 0 Å². The third-order valence-corrected chi connectivity index (χ3v) is 6.31. The van der Waals surface area contributed by atoms with Gasteiger partial charge < -0.3 is 14.6 Å². The minimum Gasteiger partial charge on any atom is -0.481 e. The quantitative estimate of drug-likeness (QED) is 0.614. The number of methoxy groups -OCH3 is 1. The predicted octanol–water partition coefficient (Wildman–Crippen LogP) is 4.31. The van der Waals surface area contributed by atoms with Crippen LogP contribution in [0.3, 0.4) is 0 Å². The summed E-state index contributed by atoms with van der Waals surface area (Å²) in [5.41, 5.74) is 1.03. The van der Waals surface area contributed by atoms with Crippen molar-refractivity contribution >= 4 is 19.5 Å². The van der Waals surface area contributed by atoms with Crippen LogP contribution >= 0.6 is 13.5 Å². The molecule has 0 saturated heterocycles. The first-order valence-corrected chi connectivity index (χ1v) is 10.8. The van der Waals surface area contributed by atoms with E-state index >= 15 is 0 Å². The Labute approximate surface area is 190 Å². The third kappa shape index (κ3) is 6.32. The molecule has 1 atom stereocenters. The summed E-state index contributed by atoms with van der Waals surface area (Å²) in [7, 11) is 1.62. The number of carbonyl (C=O) groups is 1. The van der Waals surface area contributed by atoms with Crippen LogP contribution in [0, 0.1) is 11.8 Å². The van der Waals surface area contributed by atoms with Crippen LogP contribution in [0.2, 0.25) is 0 Å². The number of carboxylic acids is 1. The average molecular weight is 446 g/mol. The highest BCUT2D eigenvalue weighted by atomic mass is 32.1. The molecule has 31 heavy (non-hydrogen) atoms. The van der Waals surface area contributed by atoms with Gasteiger partial charge in [0.2, 0.25) is 11.8 Å². The summed E-state index contributed by atoms with van der Waals surface area (Å²) in [6.07, 6.45) is 10.1. The van der Waals surface area contributed by atoms with Gasteiger partial charge in [0.05, 0.1) is 20.1 Å². The monoisotopic (exact) mass is 445 g/mol. The molecule has 2 aliphatic rings. The first kappa shape index (κ1) is 23.3. The smallest absolute Gasteiger partial charge is 0.303 e. The van der Waals surface area contributed by atoms with Crippen molar-refractivity contribution in [2.45, 2.75) is 56.8 Å². The van der Waals surface area contributed by atoms with Crippen molar-refractivity contribution in [3.05, 3.63) is 42.0 Å². The molecule has 7 nitrogen and oxygen atoms in total. The second kappa shape index (κ2) is 10.8. The number of rotatable bonds is 9. The van der Waals surface area contributed by atoms with Crippen LogP contribution in [0.15, 0.2) is 30.6 Å². The Morgan fingerprint density at radius 1 is 1.10 bits per heavy atom. The van der Waals surface area contributed by atoms with Crippen LogP contribution in [0.4, 0.5) is 0 Å². The standard InChI is InChI=1S/C23H29N3O4.H2S/c1-29-20-9-11-25-23(26-20)17-4-2-15(3-5-17)14-30-21-12-18(8-10-24-21)19(13-22(27)28)16-6-7-16;/h8-12,15-17,19H,2-7,13-14H2,1H3,(H,27,28);1H2/t15?,17?,19-;/m0./s1. The van der Waals surface area contributed by atoms with E-state index in [9.17, 15) is 9.90 Å². The van der Waals surface area contributed by atoms with E-state index in [1.54, 1.807) is 25.6 Å². The SMILES string of the molecule is COc1ccnc(C2CCC(COc3cc([C@@H](CC(=O)O)C4CC4)ccn3)CC2)n1.S. The summed E-state index contributed by atoms with van der Waals surface area (Å²) < 4.78 is 11.2. The van der Waals surface area contributed by atoms with E-state index in [2.05, 4.69) is 15.0 Å². The molecule has 2 saturated carbocycles. The molecule has 0 aromatic carbocycles. The van der Waals surface area contributed by atoms with E-state index < -0.39 is 5.97 Å². The maximum absolute atomic E-state index is 11.2. The lowest BCUT2D eigenvalue weighted by Crippen LogP contribution is -2.20. The Bertz CT molecular complexity index is 869. The molecule has 2 aromatic rings. The van der Waals surface area contributed by atoms with Crippen molar-refractivity contribution in [2.24, 2.45) is 11.8 Å². The molecule has 4 rings (SSSR count). The van der Waals surface area contributed by atoms with E-state index in [0.29, 0.717) is 36.1 Å². The maximum Gasteiger partial charge on any atom is 0.303 e. The number of ether oxygens (including phenoxy) is 2. The van der Waals surface area contributed by atoms with E-state index in [1.807, 2.05) is 12.1 Å². The zero-order chi connectivity index (χ0) is 20.9. The molecule has 0 amide bonds. The first-order valence-electron chi connectivity index (χ1n) is 10.8. The highest BCUT2D eigenvalue weighted by molar-refractivity contribution is 7.59. The van der Waals surface area contributed by atoms with Gasteiger partial charge in [0.25, 0.3) is 0 Å². The molecular weight excluding hydrogens is 414 g/mol. The minimum absolute atomic E-state index is 0. The first-order chi connectivity index (χ1) is 14.6. The molecule has 2 aromatic heterocycles. The van der Waals surface area contributed by atoms with Gasteiger partial charge in [0.15, 0.2) is 0 Å². The number of pyridine rings is 1. The fourth-order valence-corrected chi connectivity index (χ4v) is 4.44. The molecule has 2 aliphatic carbocycles. The molecule has 1 N–H and O–H groups in total. The van der Waals surface area contributed by atoms with Crippen LogP contribution in [-0.4, -0.2) is 39.7 Å². The minimum atomic E-state index is -0.747. The van der Waals surface area contributed by atoms with Crippen LogP contribution in [0.1, 0.15) is 68.2 Å². The fourth-order valence-electron chi connectivity index (χ4n) is 4.44. The summed E-state index contributed by atoms with van der Waals surface area (Å²) in [6, 6.07) is 5.63. The number of hydrogen-bond acceptors (Lipinski definition) is 6. The number of aliphatic carboxylic acids is 1. The third-order valence-electron chi connectivity index (χ3n) is 6.31. The van der Waals surface area contributed by atoms with E-state index in [4.69, 9.17) is 9.47 Å². The Kier molecular flexibility index (Phi) is 8.12. The van der Waals surface area contributed by atoms with E-state index in [-0.39, 0.29) is 25.8 Å². The zero-order valence-electron chi connectivity index (χ0n) is 17.9. The Balaban J connectivity index is 0.00000272. The predicted molar refractivity (Wildman–Crippen MR) is 121 cm³/mol. The summed E-state index contributed by atoms with van der Waals surface area (Å²) in [5, 5.41) is 9.23. The van der Waals surface area contributed by atoms with Crippen molar-refractivity contribution < 1.29 is 19.4 Å². The Morgan fingerprint density at radius 3 is 2.52 bits per heavy atom. The molecule has 2 fully saturated rings. The zero-order valence-corrected chi connectivity index (χ0v) is 18.9. The average Bonchev–Trinajstić information content (AvgIpc) is 3.62. The lowest BCUT2D eigenvalue weighted by atomic mass is 9.82. The summed E-state index contributed by atoms with van der Waals surface area (Å²) in [4.78, 5) is 24.5. The second-order valence-electron chi connectivity index (χ2n) is 8.46. The van der Waals surface area contributed by atoms with Crippen molar-refractivity contribution in [3.8, 4) is 11.8 Å². The van der Waals surface area contributed by atoms with Gasteiger partial charge in [-0.1, -0.05) is 0 Å². The van der Waals surface area contributed by atoms with Gasteiger partial charge in [0.1, 0.15) is 5.82 Å². The second-order valence-corrected chi connectivity index (χ2v) is 8.46. The van der Waals surface area contributed by atoms with Crippen LogP contribution < -0.4 is 9.47 Å². The van der Waals surface area contributed by atoms with E-state index in [0.717, 1.165) is 49.9 Å².